The van der Waals surface area contributed by atoms with E-state index in [1.54, 1.807) is 13.0 Å². The molecule has 1 aliphatic rings. The van der Waals surface area contributed by atoms with Gasteiger partial charge in [0.15, 0.2) is 0 Å². The molecule has 104 valence electrons. The number of hydrogen-bond acceptors (Lipinski definition) is 4. The number of rotatable bonds is 2. The Hall–Kier alpha value is -1.13. The minimum absolute atomic E-state index is 0.0986. The minimum atomic E-state index is -0.348. The van der Waals surface area contributed by atoms with Crippen LogP contribution in [0.15, 0.2) is 12.1 Å². The summed E-state index contributed by atoms with van der Waals surface area (Å²) < 4.78 is 11.1. The molecule has 19 heavy (non-hydrogen) atoms. The molecule has 2 rings (SSSR count). The highest BCUT2D eigenvalue weighted by molar-refractivity contribution is 6.29. The van der Waals surface area contributed by atoms with Crippen molar-refractivity contribution in [2.24, 2.45) is 0 Å². The molecule has 0 saturated carbocycles. The summed E-state index contributed by atoms with van der Waals surface area (Å²) in [6.07, 6.45) is 1.59. The van der Waals surface area contributed by atoms with Gasteiger partial charge in [0.05, 0.1) is 17.8 Å². The molecule has 2 heterocycles. The fourth-order valence-corrected chi connectivity index (χ4v) is 2.66. The van der Waals surface area contributed by atoms with Gasteiger partial charge in [-0.25, -0.2) is 9.78 Å². The van der Waals surface area contributed by atoms with Crippen molar-refractivity contribution >= 4 is 17.6 Å². The lowest BCUT2D eigenvalue weighted by atomic mass is 10.0. The number of pyridine rings is 1. The van der Waals surface area contributed by atoms with E-state index in [-0.39, 0.29) is 24.3 Å². The average molecular weight is 284 g/mol. The molecule has 4 nitrogen and oxygen atoms in total. The summed E-state index contributed by atoms with van der Waals surface area (Å²) in [7, 11) is 0. The molecule has 1 fully saturated rings. The zero-order chi connectivity index (χ0) is 14.0. The van der Waals surface area contributed by atoms with Crippen LogP contribution in [0.4, 0.5) is 0 Å². The Bertz CT molecular complexity index is 448. The first-order valence-corrected chi connectivity index (χ1v) is 6.82. The smallest absolute Gasteiger partial charge is 0.338 e. The SMILES string of the molecule is Cc1cc(C(=O)OC2CC(C)OC(C)C2)cc(Cl)n1. The third kappa shape index (κ3) is 3.91. The van der Waals surface area contributed by atoms with Gasteiger partial charge in [0.1, 0.15) is 11.3 Å². The summed E-state index contributed by atoms with van der Waals surface area (Å²) in [5.74, 6) is -0.348. The summed E-state index contributed by atoms with van der Waals surface area (Å²) in [6.45, 7) is 5.77. The van der Waals surface area contributed by atoms with Gasteiger partial charge in [-0.15, -0.1) is 0 Å². The molecule has 1 saturated heterocycles. The molecule has 2 unspecified atom stereocenters. The Balaban J connectivity index is 2.04. The Morgan fingerprint density at radius 2 is 2.00 bits per heavy atom. The number of esters is 1. The fourth-order valence-electron chi connectivity index (χ4n) is 2.41. The summed E-state index contributed by atoms with van der Waals surface area (Å²) in [4.78, 5) is 16.1. The number of aromatic nitrogens is 1. The summed E-state index contributed by atoms with van der Waals surface area (Å²) >= 11 is 5.84. The molecule has 0 bridgehead atoms. The van der Waals surface area contributed by atoms with Gasteiger partial charge in [0.2, 0.25) is 0 Å². The predicted molar refractivity (Wildman–Crippen MR) is 72.4 cm³/mol. The van der Waals surface area contributed by atoms with Crippen LogP contribution >= 0.6 is 11.6 Å². The van der Waals surface area contributed by atoms with Crippen LogP contribution in [0.2, 0.25) is 5.15 Å². The average Bonchev–Trinajstić information content (AvgIpc) is 2.25. The minimum Gasteiger partial charge on any atom is -0.459 e. The number of carbonyl (C=O) groups is 1. The van der Waals surface area contributed by atoms with Crippen LogP contribution in [0, 0.1) is 6.92 Å². The highest BCUT2D eigenvalue weighted by Gasteiger charge is 2.27. The summed E-state index contributed by atoms with van der Waals surface area (Å²) in [6, 6.07) is 3.21. The van der Waals surface area contributed by atoms with Crippen LogP contribution in [-0.2, 0) is 9.47 Å². The van der Waals surface area contributed by atoms with Crippen LogP contribution in [0.1, 0.15) is 42.7 Å². The largest absolute Gasteiger partial charge is 0.459 e. The number of halogens is 1. The van der Waals surface area contributed by atoms with Gasteiger partial charge < -0.3 is 9.47 Å². The molecule has 0 N–H and O–H groups in total. The Morgan fingerprint density at radius 1 is 1.37 bits per heavy atom. The van der Waals surface area contributed by atoms with Crippen molar-refractivity contribution in [3.05, 3.63) is 28.5 Å². The maximum Gasteiger partial charge on any atom is 0.338 e. The van der Waals surface area contributed by atoms with E-state index in [4.69, 9.17) is 21.1 Å². The number of carbonyl (C=O) groups excluding carboxylic acids is 1. The monoisotopic (exact) mass is 283 g/mol. The third-order valence-corrected chi connectivity index (χ3v) is 3.28. The van der Waals surface area contributed by atoms with E-state index < -0.39 is 0 Å². The first-order valence-electron chi connectivity index (χ1n) is 6.44. The van der Waals surface area contributed by atoms with Gasteiger partial charge in [-0.2, -0.15) is 0 Å². The molecule has 0 spiro atoms. The summed E-state index contributed by atoms with van der Waals surface area (Å²) in [5, 5.41) is 0.306. The van der Waals surface area contributed by atoms with Crippen molar-refractivity contribution < 1.29 is 14.3 Å². The number of nitrogens with zero attached hydrogens (tertiary/aromatic N) is 1. The molecule has 1 aromatic heterocycles. The van der Waals surface area contributed by atoms with E-state index in [0.29, 0.717) is 16.4 Å². The van der Waals surface area contributed by atoms with E-state index in [1.807, 2.05) is 13.8 Å². The first-order chi connectivity index (χ1) is 8.94. The van der Waals surface area contributed by atoms with Crippen LogP contribution in [0.25, 0.3) is 0 Å². The van der Waals surface area contributed by atoms with E-state index in [2.05, 4.69) is 4.98 Å². The van der Waals surface area contributed by atoms with Crippen molar-refractivity contribution in [1.29, 1.82) is 0 Å². The van der Waals surface area contributed by atoms with Gasteiger partial charge in [-0.05, 0) is 32.9 Å². The standard InChI is InChI=1S/C14H18ClNO3/c1-8-4-11(7-13(15)16-8)14(17)19-12-5-9(2)18-10(3)6-12/h4,7,9-10,12H,5-6H2,1-3H3. The number of ether oxygens (including phenoxy) is 2. The van der Waals surface area contributed by atoms with Gasteiger partial charge >= 0.3 is 5.97 Å². The van der Waals surface area contributed by atoms with E-state index >= 15 is 0 Å². The van der Waals surface area contributed by atoms with Crippen molar-refractivity contribution in [2.45, 2.75) is 51.9 Å². The van der Waals surface area contributed by atoms with Crippen molar-refractivity contribution in [2.75, 3.05) is 0 Å². The van der Waals surface area contributed by atoms with E-state index in [0.717, 1.165) is 12.8 Å². The molecule has 0 amide bonds. The van der Waals surface area contributed by atoms with Crippen LogP contribution in [0.5, 0.6) is 0 Å². The molecule has 5 heteroatoms. The molecule has 1 aliphatic heterocycles. The lowest BCUT2D eigenvalue weighted by Crippen LogP contribution is -2.35. The van der Waals surface area contributed by atoms with Crippen molar-refractivity contribution in [3.8, 4) is 0 Å². The normalized spacial score (nSPS) is 27.1. The maximum atomic E-state index is 12.1. The van der Waals surface area contributed by atoms with Gasteiger partial charge in [-0.1, -0.05) is 11.6 Å². The molecule has 2 atom stereocenters. The number of aryl methyl sites for hydroxylation is 1. The number of hydrogen-bond donors (Lipinski definition) is 0. The highest BCUT2D eigenvalue weighted by Crippen LogP contribution is 2.23. The van der Waals surface area contributed by atoms with Crippen molar-refractivity contribution in [1.82, 2.24) is 4.98 Å². The second-order valence-corrected chi connectivity index (χ2v) is 5.46. The van der Waals surface area contributed by atoms with Gasteiger partial charge in [0.25, 0.3) is 0 Å². The van der Waals surface area contributed by atoms with E-state index in [1.165, 1.54) is 6.07 Å². The Kier molecular flexibility index (Phi) is 4.42. The molecule has 1 aromatic rings. The zero-order valence-corrected chi connectivity index (χ0v) is 12.1. The second-order valence-electron chi connectivity index (χ2n) is 5.08. The molecule has 0 aliphatic carbocycles. The third-order valence-electron chi connectivity index (χ3n) is 3.09. The Morgan fingerprint density at radius 3 is 2.58 bits per heavy atom. The second kappa shape index (κ2) is 5.88. The molecular weight excluding hydrogens is 266 g/mol. The highest BCUT2D eigenvalue weighted by atomic mass is 35.5. The molecule has 0 aromatic carbocycles. The molecular formula is C14H18ClNO3. The van der Waals surface area contributed by atoms with Crippen molar-refractivity contribution in [3.63, 3.8) is 0 Å². The van der Waals surface area contributed by atoms with Gasteiger partial charge in [0, 0.05) is 18.5 Å². The maximum absolute atomic E-state index is 12.1. The summed E-state index contributed by atoms with van der Waals surface area (Å²) in [5.41, 5.74) is 1.15. The lowest BCUT2D eigenvalue weighted by Gasteiger charge is -2.31. The zero-order valence-electron chi connectivity index (χ0n) is 11.4. The first kappa shape index (κ1) is 14.3. The van der Waals surface area contributed by atoms with Crippen LogP contribution in [-0.4, -0.2) is 29.3 Å². The molecule has 0 radical (unpaired) electrons. The van der Waals surface area contributed by atoms with E-state index in [9.17, 15) is 4.79 Å². The Labute approximate surface area is 118 Å². The predicted octanol–water partition coefficient (Wildman–Crippen LogP) is 3.16. The lowest BCUT2D eigenvalue weighted by molar-refractivity contribution is -0.0855. The van der Waals surface area contributed by atoms with Crippen LogP contribution < -0.4 is 0 Å². The topological polar surface area (TPSA) is 48.4 Å². The fraction of sp³-hybridized carbons (Fsp3) is 0.571. The van der Waals surface area contributed by atoms with Crippen LogP contribution in [0.3, 0.4) is 0 Å². The van der Waals surface area contributed by atoms with Gasteiger partial charge in [-0.3, -0.25) is 0 Å². The quantitative estimate of drug-likeness (QED) is 0.618.